The van der Waals surface area contributed by atoms with Gasteiger partial charge in [0.2, 0.25) is 0 Å². The predicted molar refractivity (Wildman–Crippen MR) is 76.1 cm³/mol. The molecule has 18 heavy (non-hydrogen) atoms. The normalized spacial score (nSPS) is 11.9. The first-order valence-electron chi connectivity index (χ1n) is 6.06. The summed E-state index contributed by atoms with van der Waals surface area (Å²) in [5.41, 5.74) is 0.347. The van der Waals surface area contributed by atoms with Gasteiger partial charge in [-0.25, -0.2) is 0 Å². The molecule has 0 aromatic carbocycles. The van der Waals surface area contributed by atoms with Crippen LogP contribution in [-0.4, -0.2) is 40.7 Å². The zero-order valence-electron chi connectivity index (χ0n) is 11.1. The van der Waals surface area contributed by atoms with E-state index in [1.807, 2.05) is 18.7 Å². The third kappa shape index (κ3) is 4.91. The van der Waals surface area contributed by atoms with Gasteiger partial charge in [-0.2, -0.15) is 11.8 Å². The number of anilines is 1. The van der Waals surface area contributed by atoms with Gasteiger partial charge in [-0.1, -0.05) is 6.92 Å². The minimum absolute atomic E-state index is 0.187. The Morgan fingerprint density at radius 3 is 2.78 bits per heavy atom. The van der Waals surface area contributed by atoms with Gasteiger partial charge in [0.1, 0.15) is 5.82 Å². The molecule has 0 aliphatic heterocycles. The standard InChI is InChI=1S/C12H20N4OS/c1-4-13-12(17)10-5-6-11(16-15-10)14-8-7-9(2)18-3/h5-6,9H,4,7-8H2,1-3H3,(H,13,17)(H,14,16). The summed E-state index contributed by atoms with van der Waals surface area (Å²) in [6.07, 6.45) is 3.17. The van der Waals surface area contributed by atoms with Crippen molar-refractivity contribution < 1.29 is 4.79 Å². The quantitative estimate of drug-likeness (QED) is 0.789. The third-order valence-corrected chi connectivity index (χ3v) is 3.53. The highest BCUT2D eigenvalue weighted by molar-refractivity contribution is 7.99. The Hall–Kier alpha value is -1.30. The van der Waals surface area contributed by atoms with E-state index in [1.54, 1.807) is 12.1 Å². The second kappa shape index (κ2) is 7.92. The van der Waals surface area contributed by atoms with Gasteiger partial charge in [0.05, 0.1) is 0 Å². The fourth-order valence-corrected chi connectivity index (χ4v) is 1.67. The van der Waals surface area contributed by atoms with Crippen molar-refractivity contribution in [3.05, 3.63) is 17.8 Å². The molecular weight excluding hydrogens is 248 g/mol. The van der Waals surface area contributed by atoms with E-state index in [4.69, 9.17) is 0 Å². The molecule has 0 spiro atoms. The van der Waals surface area contributed by atoms with E-state index in [1.165, 1.54) is 0 Å². The number of rotatable bonds is 7. The molecule has 0 fully saturated rings. The van der Waals surface area contributed by atoms with E-state index in [-0.39, 0.29) is 5.91 Å². The monoisotopic (exact) mass is 268 g/mol. The summed E-state index contributed by atoms with van der Waals surface area (Å²) >= 11 is 1.84. The van der Waals surface area contributed by atoms with E-state index >= 15 is 0 Å². The van der Waals surface area contributed by atoms with Gasteiger partial charge in [-0.05, 0) is 31.7 Å². The summed E-state index contributed by atoms with van der Waals surface area (Å²) in [5, 5.41) is 14.4. The van der Waals surface area contributed by atoms with E-state index in [0.29, 0.717) is 23.3 Å². The molecule has 0 bridgehead atoms. The second-order valence-corrected chi connectivity index (χ2v) is 5.20. The van der Waals surface area contributed by atoms with Crippen molar-refractivity contribution in [1.29, 1.82) is 0 Å². The van der Waals surface area contributed by atoms with Gasteiger partial charge in [0.25, 0.3) is 5.91 Å². The zero-order valence-corrected chi connectivity index (χ0v) is 11.9. The number of nitrogens with one attached hydrogen (secondary N) is 2. The Kier molecular flexibility index (Phi) is 6.49. The topological polar surface area (TPSA) is 66.9 Å². The third-order valence-electron chi connectivity index (χ3n) is 2.49. The molecule has 0 radical (unpaired) electrons. The molecule has 100 valence electrons. The Labute approximate surface area is 112 Å². The molecular formula is C12H20N4OS. The van der Waals surface area contributed by atoms with E-state index in [2.05, 4.69) is 34.0 Å². The van der Waals surface area contributed by atoms with Crippen LogP contribution in [0.15, 0.2) is 12.1 Å². The number of carbonyl (C=O) groups excluding carboxylic acids is 1. The summed E-state index contributed by atoms with van der Waals surface area (Å²) in [6.45, 7) is 5.51. The Bertz CT molecular complexity index is 369. The van der Waals surface area contributed by atoms with Crippen molar-refractivity contribution in [2.24, 2.45) is 0 Å². The molecule has 6 heteroatoms. The van der Waals surface area contributed by atoms with Crippen molar-refractivity contribution in [3.8, 4) is 0 Å². The molecule has 1 aromatic rings. The SMILES string of the molecule is CCNC(=O)c1ccc(NCCC(C)SC)nn1. The highest BCUT2D eigenvalue weighted by Gasteiger charge is 2.06. The van der Waals surface area contributed by atoms with E-state index in [9.17, 15) is 4.79 Å². The van der Waals surface area contributed by atoms with Gasteiger partial charge >= 0.3 is 0 Å². The van der Waals surface area contributed by atoms with Crippen LogP contribution in [0, 0.1) is 0 Å². The van der Waals surface area contributed by atoms with Crippen LogP contribution in [0.5, 0.6) is 0 Å². The van der Waals surface area contributed by atoms with Crippen molar-refractivity contribution in [3.63, 3.8) is 0 Å². The summed E-state index contributed by atoms with van der Waals surface area (Å²) in [5.74, 6) is 0.518. The lowest BCUT2D eigenvalue weighted by Gasteiger charge is -2.09. The van der Waals surface area contributed by atoms with E-state index < -0.39 is 0 Å². The first-order valence-corrected chi connectivity index (χ1v) is 7.34. The highest BCUT2D eigenvalue weighted by atomic mass is 32.2. The van der Waals surface area contributed by atoms with Crippen molar-refractivity contribution in [2.45, 2.75) is 25.5 Å². The van der Waals surface area contributed by atoms with Gasteiger partial charge < -0.3 is 10.6 Å². The van der Waals surface area contributed by atoms with Crippen LogP contribution in [0.4, 0.5) is 5.82 Å². The molecule has 0 aliphatic carbocycles. The molecule has 1 aromatic heterocycles. The van der Waals surface area contributed by atoms with Crippen LogP contribution < -0.4 is 10.6 Å². The van der Waals surface area contributed by atoms with Crippen molar-refractivity contribution in [1.82, 2.24) is 15.5 Å². The van der Waals surface area contributed by atoms with Crippen molar-refractivity contribution >= 4 is 23.5 Å². The maximum Gasteiger partial charge on any atom is 0.271 e. The molecule has 0 aliphatic rings. The Morgan fingerprint density at radius 1 is 1.44 bits per heavy atom. The van der Waals surface area contributed by atoms with Crippen LogP contribution in [0.25, 0.3) is 0 Å². The lowest BCUT2D eigenvalue weighted by molar-refractivity contribution is 0.0950. The molecule has 1 amide bonds. The fraction of sp³-hybridized carbons (Fsp3) is 0.583. The number of carbonyl (C=O) groups is 1. The second-order valence-electron chi connectivity index (χ2n) is 3.93. The smallest absolute Gasteiger partial charge is 0.271 e. The maximum atomic E-state index is 11.5. The number of hydrogen-bond donors (Lipinski definition) is 2. The van der Waals surface area contributed by atoms with Crippen LogP contribution in [0.3, 0.4) is 0 Å². The minimum atomic E-state index is -0.187. The number of aromatic nitrogens is 2. The first-order chi connectivity index (χ1) is 8.67. The highest BCUT2D eigenvalue weighted by Crippen LogP contribution is 2.10. The first kappa shape index (κ1) is 14.8. The van der Waals surface area contributed by atoms with Crippen LogP contribution in [0.2, 0.25) is 0 Å². The summed E-state index contributed by atoms with van der Waals surface area (Å²) in [7, 11) is 0. The average molecular weight is 268 g/mol. The molecule has 1 rings (SSSR count). The number of hydrogen-bond acceptors (Lipinski definition) is 5. The largest absolute Gasteiger partial charge is 0.369 e. The minimum Gasteiger partial charge on any atom is -0.369 e. The summed E-state index contributed by atoms with van der Waals surface area (Å²) in [6, 6.07) is 3.46. The van der Waals surface area contributed by atoms with Crippen molar-refractivity contribution in [2.75, 3.05) is 24.7 Å². The maximum absolute atomic E-state index is 11.5. The number of nitrogens with zero attached hydrogens (tertiary/aromatic N) is 2. The predicted octanol–water partition coefficient (Wildman–Crippen LogP) is 1.78. The molecule has 1 atom stereocenters. The molecule has 1 unspecified atom stereocenters. The van der Waals surface area contributed by atoms with Gasteiger partial charge in [0.15, 0.2) is 5.69 Å². The molecule has 1 heterocycles. The van der Waals surface area contributed by atoms with Crippen LogP contribution in [0.1, 0.15) is 30.8 Å². The Morgan fingerprint density at radius 2 is 2.22 bits per heavy atom. The van der Waals surface area contributed by atoms with E-state index in [0.717, 1.165) is 13.0 Å². The van der Waals surface area contributed by atoms with Gasteiger partial charge in [0, 0.05) is 18.3 Å². The molecule has 0 saturated heterocycles. The summed E-state index contributed by atoms with van der Waals surface area (Å²) in [4.78, 5) is 11.5. The Balaban J connectivity index is 2.43. The van der Waals surface area contributed by atoms with Crippen LogP contribution in [-0.2, 0) is 0 Å². The average Bonchev–Trinajstić information content (AvgIpc) is 2.39. The number of thioether (sulfide) groups is 1. The fourth-order valence-electron chi connectivity index (χ4n) is 1.32. The van der Waals surface area contributed by atoms with Gasteiger partial charge in [-0.15, -0.1) is 10.2 Å². The molecule has 0 saturated carbocycles. The number of amides is 1. The van der Waals surface area contributed by atoms with Crippen LogP contribution >= 0.6 is 11.8 Å². The molecule has 2 N–H and O–H groups in total. The zero-order chi connectivity index (χ0) is 13.4. The van der Waals surface area contributed by atoms with Gasteiger partial charge in [-0.3, -0.25) is 4.79 Å². The lowest BCUT2D eigenvalue weighted by Crippen LogP contribution is -2.24. The summed E-state index contributed by atoms with van der Waals surface area (Å²) < 4.78 is 0. The lowest BCUT2D eigenvalue weighted by atomic mass is 10.3. The molecule has 5 nitrogen and oxygen atoms in total.